The highest BCUT2D eigenvalue weighted by atomic mass is 16.5. The number of nitrogens with zero attached hydrogens (tertiary/aromatic N) is 2. The van der Waals surface area contributed by atoms with Gasteiger partial charge >= 0.3 is 0 Å². The van der Waals surface area contributed by atoms with Crippen LogP contribution in [-0.2, 0) is 4.74 Å². The summed E-state index contributed by atoms with van der Waals surface area (Å²) in [7, 11) is 3.64. The van der Waals surface area contributed by atoms with Gasteiger partial charge in [0.1, 0.15) is 5.54 Å². The maximum atomic E-state index is 9.10. The summed E-state index contributed by atoms with van der Waals surface area (Å²) in [5, 5.41) is 12.2. The van der Waals surface area contributed by atoms with Crippen molar-refractivity contribution in [2.45, 2.75) is 38.3 Å². The minimum absolute atomic E-state index is 0.340. The van der Waals surface area contributed by atoms with E-state index < -0.39 is 5.54 Å². The van der Waals surface area contributed by atoms with Crippen LogP contribution < -0.4 is 5.32 Å². The molecule has 3 atom stereocenters. The van der Waals surface area contributed by atoms with Gasteiger partial charge in [0.2, 0.25) is 0 Å². The Hall–Kier alpha value is -0.630. The second-order valence-electron chi connectivity index (χ2n) is 5.28. The number of nitriles is 1. The lowest BCUT2D eigenvalue weighted by molar-refractivity contribution is -0.00626. The second kappa shape index (κ2) is 6.34. The topological polar surface area (TPSA) is 48.3 Å². The molecule has 1 aliphatic rings. The van der Waals surface area contributed by atoms with E-state index in [2.05, 4.69) is 23.2 Å². The first kappa shape index (κ1) is 14.4. The minimum atomic E-state index is -0.411. The van der Waals surface area contributed by atoms with Crippen molar-refractivity contribution in [2.75, 3.05) is 33.8 Å². The molecular weight excluding hydrogens is 214 g/mol. The summed E-state index contributed by atoms with van der Waals surface area (Å²) < 4.78 is 5.50. The molecule has 0 bridgehead atoms. The first-order valence-electron chi connectivity index (χ1n) is 6.40. The smallest absolute Gasteiger partial charge is 0.104 e. The molecule has 1 fully saturated rings. The van der Waals surface area contributed by atoms with Crippen molar-refractivity contribution >= 4 is 0 Å². The average molecular weight is 239 g/mol. The van der Waals surface area contributed by atoms with Crippen LogP contribution in [0.2, 0.25) is 0 Å². The van der Waals surface area contributed by atoms with E-state index >= 15 is 0 Å². The SMILES string of the molecule is CNC(C)(C#N)CCN1CCC(C)C(OC)C1. The summed E-state index contributed by atoms with van der Waals surface area (Å²) in [4.78, 5) is 2.40. The van der Waals surface area contributed by atoms with Crippen LogP contribution in [0.5, 0.6) is 0 Å². The third kappa shape index (κ3) is 3.95. The van der Waals surface area contributed by atoms with Crippen molar-refractivity contribution in [3.05, 3.63) is 0 Å². The first-order valence-corrected chi connectivity index (χ1v) is 6.40. The fourth-order valence-corrected chi connectivity index (χ4v) is 2.23. The van der Waals surface area contributed by atoms with Gasteiger partial charge in [-0.3, -0.25) is 0 Å². The predicted molar refractivity (Wildman–Crippen MR) is 68.7 cm³/mol. The van der Waals surface area contributed by atoms with E-state index in [0.29, 0.717) is 12.0 Å². The quantitative estimate of drug-likeness (QED) is 0.784. The number of piperidine rings is 1. The molecule has 0 radical (unpaired) electrons. The van der Waals surface area contributed by atoms with Gasteiger partial charge in [0, 0.05) is 20.2 Å². The van der Waals surface area contributed by atoms with E-state index in [1.807, 2.05) is 14.0 Å². The summed E-state index contributed by atoms with van der Waals surface area (Å²) in [6.07, 6.45) is 2.37. The molecule has 4 heteroatoms. The molecular formula is C13H25N3O. The molecule has 1 heterocycles. The minimum Gasteiger partial charge on any atom is -0.380 e. The third-order valence-corrected chi connectivity index (χ3v) is 4.00. The lowest BCUT2D eigenvalue weighted by Crippen LogP contribution is -2.47. The number of methoxy groups -OCH3 is 1. The summed E-state index contributed by atoms with van der Waals surface area (Å²) in [6, 6.07) is 2.33. The highest BCUT2D eigenvalue weighted by Crippen LogP contribution is 2.20. The second-order valence-corrected chi connectivity index (χ2v) is 5.28. The van der Waals surface area contributed by atoms with Crippen LogP contribution in [-0.4, -0.2) is 50.3 Å². The standard InChI is InChI=1S/C13H25N3O/c1-11-5-7-16(9-12(11)17-4)8-6-13(2,10-14)15-3/h11-12,15H,5-9H2,1-4H3. The number of hydrogen-bond acceptors (Lipinski definition) is 4. The zero-order chi connectivity index (χ0) is 12.9. The normalized spacial score (nSPS) is 29.6. The van der Waals surface area contributed by atoms with Crippen molar-refractivity contribution in [3.63, 3.8) is 0 Å². The fraction of sp³-hybridized carbons (Fsp3) is 0.923. The largest absolute Gasteiger partial charge is 0.380 e. The number of ether oxygens (including phenoxy) is 1. The zero-order valence-corrected chi connectivity index (χ0v) is 11.5. The summed E-state index contributed by atoms with van der Waals surface area (Å²) in [5.74, 6) is 0.642. The predicted octanol–water partition coefficient (Wildman–Crippen LogP) is 1.23. The molecule has 0 aromatic heterocycles. The van der Waals surface area contributed by atoms with Crippen LogP contribution in [0.1, 0.15) is 26.7 Å². The van der Waals surface area contributed by atoms with Crippen LogP contribution >= 0.6 is 0 Å². The molecule has 3 unspecified atom stereocenters. The van der Waals surface area contributed by atoms with Gasteiger partial charge in [-0.25, -0.2) is 0 Å². The Morgan fingerprint density at radius 2 is 2.29 bits per heavy atom. The molecule has 0 aromatic carbocycles. The Labute approximate surface area is 105 Å². The maximum absolute atomic E-state index is 9.10. The van der Waals surface area contributed by atoms with Crippen molar-refractivity contribution in [1.82, 2.24) is 10.2 Å². The number of rotatable bonds is 5. The van der Waals surface area contributed by atoms with Gasteiger partial charge in [0.05, 0.1) is 12.2 Å². The van der Waals surface area contributed by atoms with Crippen LogP contribution in [0.15, 0.2) is 0 Å². The number of hydrogen-bond donors (Lipinski definition) is 1. The summed E-state index contributed by atoms with van der Waals surface area (Å²) in [5.41, 5.74) is -0.411. The van der Waals surface area contributed by atoms with Gasteiger partial charge in [-0.15, -0.1) is 0 Å². The monoisotopic (exact) mass is 239 g/mol. The number of likely N-dealkylation sites (tertiary alicyclic amines) is 1. The first-order chi connectivity index (χ1) is 8.04. The van der Waals surface area contributed by atoms with Gasteiger partial charge in [0.25, 0.3) is 0 Å². The van der Waals surface area contributed by atoms with Crippen LogP contribution in [0.25, 0.3) is 0 Å². The van der Waals surface area contributed by atoms with E-state index in [1.165, 1.54) is 6.42 Å². The maximum Gasteiger partial charge on any atom is 0.104 e. The number of nitrogens with one attached hydrogen (secondary N) is 1. The van der Waals surface area contributed by atoms with Gasteiger partial charge < -0.3 is 15.0 Å². The molecule has 1 N–H and O–H groups in total. The van der Waals surface area contributed by atoms with Gasteiger partial charge in [0.15, 0.2) is 0 Å². The fourth-order valence-electron chi connectivity index (χ4n) is 2.23. The lowest BCUT2D eigenvalue weighted by Gasteiger charge is -2.37. The summed E-state index contributed by atoms with van der Waals surface area (Å²) in [6.45, 7) is 7.26. The Morgan fingerprint density at radius 3 is 2.82 bits per heavy atom. The van der Waals surface area contributed by atoms with Crippen molar-refractivity contribution in [1.29, 1.82) is 5.26 Å². The highest BCUT2D eigenvalue weighted by molar-refractivity contribution is 5.03. The van der Waals surface area contributed by atoms with Crippen molar-refractivity contribution in [3.8, 4) is 6.07 Å². The van der Waals surface area contributed by atoms with Crippen LogP contribution in [0.3, 0.4) is 0 Å². The molecule has 0 amide bonds. The van der Waals surface area contributed by atoms with E-state index in [-0.39, 0.29) is 0 Å². The Kier molecular flexibility index (Phi) is 5.38. The zero-order valence-electron chi connectivity index (χ0n) is 11.5. The van der Waals surface area contributed by atoms with Crippen molar-refractivity contribution in [2.24, 2.45) is 5.92 Å². The molecule has 1 rings (SSSR count). The summed E-state index contributed by atoms with van der Waals surface area (Å²) >= 11 is 0. The van der Waals surface area contributed by atoms with Crippen LogP contribution in [0, 0.1) is 17.2 Å². The van der Waals surface area contributed by atoms with Gasteiger partial charge in [-0.2, -0.15) is 5.26 Å². The molecule has 98 valence electrons. The molecule has 1 aliphatic heterocycles. The van der Waals surface area contributed by atoms with Crippen molar-refractivity contribution < 1.29 is 4.74 Å². The molecule has 17 heavy (non-hydrogen) atoms. The highest BCUT2D eigenvalue weighted by Gasteiger charge is 2.28. The molecule has 0 aliphatic carbocycles. The van der Waals surface area contributed by atoms with E-state index in [9.17, 15) is 0 Å². The van der Waals surface area contributed by atoms with E-state index in [1.54, 1.807) is 7.11 Å². The Morgan fingerprint density at radius 1 is 1.59 bits per heavy atom. The average Bonchev–Trinajstić information content (AvgIpc) is 2.37. The molecule has 1 saturated heterocycles. The van der Waals surface area contributed by atoms with E-state index in [4.69, 9.17) is 10.00 Å². The lowest BCUT2D eigenvalue weighted by atomic mass is 9.94. The van der Waals surface area contributed by atoms with Gasteiger partial charge in [-0.05, 0) is 39.3 Å². The molecule has 0 saturated carbocycles. The third-order valence-electron chi connectivity index (χ3n) is 4.00. The molecule has 0 spiro atoms. The Bertz CT molecular complexity index is 276. The van der Waals surface area contributed by atoms with Gasteiger partial charge in [-0.1, -0.05) is 6.92 Å². The Balaban J connectivity index is 2.41. The van der Waals surface area contributed by atoms with Crippen LogP contribution in [0.4, 0.5) is 0 Å². The molecule has 4 nitrogen and oxygen atoms in total. The molecule has 0 aromatic rings. The van der Waals surface area contributed by atoms with E-state index in [0.717, 1.165) is 26.1 Å².